The number of unbranched alkanes of at least 4 members (excludes halogenated alkanes) is 3. The molecule has 0 aliphatic carbocycles. The molecule has 0 fully saturated rings. The summed E-state index contributed by atoms with van der Waals surface area (Å²) in [5.74, 6) is -0.310. The Morgan fingerprint density at radius 1 is 0.694 bits per heavy atom. The number of benzene rings is 2. The minimum atomic E-state index is -4.30. The van der Waals surface area contributed by atoms with Gasteiger partial charge in [0.2, 0.25) is 11.8 Å². The predicted molar refractivity (Wildman–Crippen MR) is 140 cm³/mol. The lowest BCUT2D eigenvalue weighted by Gasteiger charge is -2.17. The van der Waals surface area contributed by atoms with Crippen LogP contribution in [0, 0.1) is 0 Å². The SMILES string of the molecule is CCOP(=O)(OCC)c1ccc(NC(=O)CCCCCCC(=O)Nc2ccc(P(=O)(O)O)cc2)cc1. The molecule has 4 N–H and O–H groups in total. The molecule has 198 valence electrons. The number of rotatable bonds is 15. The van der Waals surface area contributed by atoms with E-state index in [-0.39, 0.29) is 30.3 Å². The third kappa shape index (κ3) is 9.97. The molecule has 0 radical (unpaired) electrons. The fraction of sp³-hybridized carbons (Fsp3) is 0.417. The van der Waals surface area contributed by atoms with E-state index in [9.17, 15) is 18.7 Å². The van der Waals surface area contributed by atoms with Gasteiger partial charge in [-0.05, 0) is 75.2 Å². The van der Waals surface area contributed by atoms with E-state index in [1.165, 1.54) is 24.3 Å². The smallest absolute Gasteiger partial charge is 0.326 e. The molecule has 0 unspecified atom stereocenters. The molecule has 36 heavy (non-hydrogen) atoms. The van der Waals surface area contributed by atoms with Gasteiger partial charge in [0.15, 0.2) is 0 Å². The van der Waals surface area contributed by atoms with Crippen LogP contribution in [0.3, 0.4) is 0 Å². The van der Waals surface area contributed by atoms with Crippen LogP contribution < -0.4 is 21.2 Å². The van der Waals surface area contributed by atoms with Gasteiger partial charge in [0.05, 0.1) is 23.8 Å². The zero-order valence-electron chi connectivity index (χ0n) is 20.5. The Balaban J connectivity index is 1.65. The van der Waals surface area contributed by atoms with Crippen molar-refractivity contribution in [1.82, 2.24) is 0 Å². The van der Waals surface area contributed by atoms with Gasteiger partial charge in [-0.25, -0.2) is 0 Å². The first-order valence-corrected chi connectivity index (χ1v) is 15.0. The number of hydrogen-bond donors (Lipinski definition) is 4. The van der Waals surface area contributed by atoms with Crippen molar-refractivity contribution in [2.75, 3.05) is 23.8 Å². The molecule has 0 atom stereocenters. The van der Waals surface area contributed by atoms with Crippen LogP contribution in [0.5, 0.6) is 0 Å². The van der Waals surface area contributed by atoms with E-state index in [1.807, 2.05) is 0 Å². The van der Waals surface area contributed by atoms with Gasteiger partial charge >= 0.3 is 15.2 Å². The van der Waals surface area contributed by atoms with Crippen LogP contribution in [0.2, 0.25) is 0 Å². The van der Waals surface area contributed by atoms with Crippen LogP contribution in [-0.2, 0) is 27.8 Å². The summed E-state index contributed by atoms with van der Waals surface area (Å²) in [6.45, 7) is 4.01. The van der Waals surface area contributed by atoms with Crippen LogP contribution >= 0.6 is 15.2 Å². The Hall–Kier alpha value is -2.32. The average Bonchev–Trinajstić information content (AvgIpc) is 2.82. The van der Waals surface area contributed by atoms with E-state index in [4.69, 9.17) is 18.8 Å². The van der Waals surface area contributed by atoms with E-state index in [0.29, 0.717) is 42.4 Å². The Kier molecular flexibility index (Phi) is 12.0. The fourth-order valence-electron chi connectivity index (χ4n) is 3.36. The van der Waals surface area contributed by atoms with Crippen LogP contribution in [0.15, 0.2) is 48.5 Å². The Bertz CT molecular complexity index is 1070. The van der Waals surface area contributed by atoms with Gasteiger partial charge in [-0.2, -0.15) is 0 Å². The molecule has 2 aromatic rings. The summed E-state index contributed by atoms with van der Waals surface area (Å²) >= 11 is 0. The van der Waals surface area contributed by atoms with E-state index >= 15 is 0 Å². The third-order valence-electron chi connectivity index (χ3n) is 5.11. The maximum Gasteiger partial charge on any atom is 0.361 e. The summed E-state index contributed by atoms with van der Waals surface area (Å²) in [6, 6.07) is 12.1. The summed E-state index contributed by atoms with van der Waals surface area (Å²) in [5.41, 5.74) is 1.06. The average molecular weight is 540 g/mol. The van der Waals surface area contributed by atoms with Crippen LogP contribution in [0.25, 0.3) is 0 Å². The van der Waals surface area contributed by atoms with Crippen LogP contribution in [0.1, 0.15) is 52.4 Å². The molecule has 2 rings (SSSR count). The number of anilines is 2. The lowest BCUT2D eigenvalue weighted by Crippen LogP contribution is -2.14. The second-order valence-corrected chi connectivity index (χ2v) is 11.6. The Labute approximate surface area is 211 Å². The molecular formula is C24H34N2O8P2. The maximum atomic E-state index is 12.8. The van der Waals surface area contributed by atoms with Crippen molar-refractivity contribution in [2.24, 2.45) is 0 Å². The standard InChI is InChI=1S/C24H34N2O8P2/c1-3-33-36(32,34-4-2)22-17-13-20(14-18-22)26-24(28)10-8-6-5-7-9-23(27)25-19-11-15-21(16-12-19)35(29,30)31/h11-18H,3-10H2,1-2H3,(H,25,27)(H,26,28)(H2,29,30,31). The quantitative estimate of drug-likeness (QED) is 0.193. The molecule has 0 saturated heterocycles. The molecule has 10 nitrogen and oxygen atoms in total. The largest absolute Gasteiger partial charge is 0.361 e. The monoisotopic (exact) mass is 540 g/mol. The van der Waals surface area contributed by atoms with Crippen LogP contribution in [0.4, 0.5) is 11.4 Å². The number of nitrogens with one attached hydrogen (secondary N) is 2. The molecule has 0 heterocycles. The predicted octanol–water partition coefficient (Wildman–Crippen LogP) is 4.30. The van der Waals surface area contributed by atoms with E-state index < -0.39 is 15.2 Å². The Morgan fingerprint density at radius 3 is 1.44 bits per heavy atom. The zero-order chi connectivity index (χ0) is 26.6. The number of amides is 2. The summed E-state index contributed by atoms with van der Waals surface area (Å²) in [4.78, 5) is 42.5. The van der Waals surface area contributed by atoms with Gasteiger partial charge in [-0.1, -0.05) is 12.8 Å². The first-order valence-electron chi connectivity index (χ1n) is 11.8. The maximum absolute atomic E-state index is 12.8. The minimum absolute atomic E-state index is 0.101. The van der Waals surface area contributed by atoms with Crippen molar-refractivity contribution in [2.45, 2.75) is 52.4 Å². The van der Waals surface area contributed by atoms with E-state index in [2.05, 4.69) is 10.6 Å². The molecule has 0 aliphatic rings. The molecular weight excluding hydrogens is 506 g/mol. The number of hydrogen-bond acceptors (Lipinski definition) is 6. The highest BCUT2D eigenvalue weighted by atomic mass is 31.2. The van der Waals surface area contributed by atoms with Gasteiger partial charge in [0, 0.05) is 24.2 Å². The second kappa shape index (κ2) is 14.4. The second-order valence-electron chi connectivity index (χ2n) is 7.98. The Morgan fingerprint density at radius 2 is 1.08 bits per heavy atom. The molecule has 0 aliphatic heterocycles. The van der Waals surface area contributed by atoms with Crippen LogP contribution in [-0.4, -0.2) is 34.8 Å². The molecule has 0 saturated carbocycles. The molecule has 12 heteroatoms. The number of carbonyl (C=O) groups excluding carboxylic acids is 2. The first-order chi connectivity index (χ1) is 17.1. The highest BCUT2D eigenvalue weighted by Gasteiger charge is 2.26. The topological polar surface area (TPSA) is 151 Å². The van der Waals surface area contributed by atoms with Crippen molar-refractivity contribution < 1.29 is 37.6 Å². The minimum Gasteiger partial charge on any atom is -0.326 e. The molecule has 2 aromatic carbocycles. The van der Waals surface area contributed by atoms with Crippen molar-refractivity contribution >= 4 is 49.0 Å². The van der Waals surface area contributed by atoms with Crippen molar-refractivity contribution in [3.8, 4) is 0 Å². The highest BCUT2D eigenvalue weighted by molar-refractivity contribution is 7.62. The number of carbonyl (C=O) groups is 2. The highest BCUT2D eigenvalue weighted by Crippen LogP contribution is 2.46. The van der Waals surface area contributed by atoms with Crippen molar-refractivity contribution in [1.29, 1.82) is 0 Å². The molecule has 0 spiro atoms. The van der Waals surface area contributed by atoms with E-state index in [1.54, 1.807) is 38.1 Å². The molecule has 0 aromatic heterocycles. The van der Waals surface area contributed by atoms with Gasteiger partial charge < -0.3 is 29.5 Å². The summed E-state index contributed by atoms with van der Waals surface area (Å²) in [5, 5.41) is 5.84. The lowest BCUT2D eigenvalue weighted by molar-refractivity contribution is -0.117. The van der Waals surface area contributed by atoms with Gasteiger partial charge in [0.25, 0.3) is 0 Å². The zero-order valence-corrected chi connectivity index (χ0v) is 22.3. The van der Waals surface area contributed by atoms with Gasteiger partial charge in [-0.3, -0.25) is 18.7 Å². The first kappa shape index (κ1) is 29.9. The molecule has 2 amide bonds. The summed E-state index contributed by atoms with van der Waals surface area (Å²) in [6.07, 6.45) is 3.58. The van der Waals surface area contributed by atoms with Gasteiger partial charge in [-0.15, -0.1) is 0 Å². The lowest BCUT2D eigenvalue weighted by atomic mass is 10.1. The summed E-state index contributed by atoms with van der Waals surface area (Å²) in [7, 11) is -7.66. The summed E-state index contributed by atoms with van der Waals surface area (Å²) < 4.78 is 34.6. The third-order valence-corrected chi connectivity index (χ3v) is 8.21. The van der Waals surface area contributed by atoms with E-state index in [0.717, 1.165) is 12.8 Å². The molecule has 0 bridgehead atoms. The van der Waals surface area contributed by atoms with Crippen molar-refractivity contribution in [3.63, 3.8) is 0 Å². The fourth-order valence-corrected chi connectivity index (χ4v) is 5.47. The van der Waals surface area contributed by atoms with Crippen molar-refractivity contribution in [3.05, 3.63) is 48.5 Å². The van der Waals surface area contributed by atoms with Gasteiger partial charge in [0.1, 0.15) is 0 Å². The normalized spacial score (nSPS) is 11.8.